The highest BCUT2D eigenvalue weighted by molar-refractivity contribution is 7.92. The third-order valence-electron chi connectivity index (χ3n) is 5.57. The van der Waals surface area contributed by atoms with E-state index in [0.717, 1.165) is 10.4 Å². The number of carbonyl (C=O) groups is 2. The van der Waals surface area contributed by atoms with Gasteiger partial charge in [0.15, 0.2) is 18.0 Å². The van der Waals surface area contributed by atoms with Gasteiger partial charge in [-0.25, -0.2) is 13.9 Å². The Hall–Kier alpha value is -3.73. The van der Waals surface area contributed by atoms with Gasteiger partial charge in [0, 0.05) is 55.3 Å². The zero-order valence-corrected chi connectivity index (χ0v) is 25.1. The van der Waals surface area contributed by atoms with Gasteiger partial charge < -0.3 is 20.3 Å². The summed E-state index contributed by atoms with van der Waals surface area (Å²) in [4.78, 5) is 32.7. The number of halogens is 2. The first-order chi connectivity index (χ1) is 19.7. The Morgan fingerprint density at radius 2 is 2.07 bits per heavy atom. The predicted octanol–water partition coefficient (Wildman–Crippen LogP) is 4.70. The van der Waals surface area contributed by atoms with Crippen molar-refractivity contribution in [3.63, 3.8) is 0 Å². The minimum Gasteiger partial charge on any atom is -0.383 e. The Morgan fingerprint density at radius 1 is 1.37 bits per heavy atom. The molecule has 0 atom stereocenters. The number of hydrogen-bond donors (Lipinski definition) is 3. The van der Waals surface area contributed by atoms with Gasteiger partial charge in [-0.2, -0.15) is 5.26 Å². The van der Waals surface area contributed by atoms with Gasteiger partial charge in [-0.3, -0.25) is 15.0 Å². The quantitative estimate of drug-likeness (QED) is 0.171. The third-order valence-corrected chi connectivity index (χ3v) is 6.23. The monoisotopic (exact) mass is 604 g/mol. The Bertz CT molecular complexity index is 1390. The van der Waals surface area contributed by atoms with Crippen LogP contribution in [-0.4, -0.2) is 76.3 Å². The van der Waals surface area contributed by atoms with Crippen molar-refractivity contribution in [3.05, 3.63) is 52.4 Å². The fourth-order valence-corrected chi connectivity index (χ4v) is 4.15. The lowest BCUT2D eigenvalue weighted by Crippen LogP contribution is -2.44. The molecule has 0 bridgehead atoms. The molecule has 0 unspecified atom stereocenters. The molecule has 1 aromatic carbocycles. The Labute approximate surface area is 248 Å². The van der Waals surface area contributed by atoms with Crippen LogP contribution in [0.2, 0.25) is 5.02 Å². The van der Waals surface area contributed by atoms with Crippen LogP contribution in [0.15, 0.2) is 30.6 Å². The fourth-order valence-electron chi connectivity index (χ4n) is 3.63. The van der Waals surface area contributed by atoms with E-state index in [-0.39, 0.29) is 58.3 Å². The molecule has 0 spiro atoms. The van der Waals surface area contributed by atoms with Crippen molar-refractivity contribution in [2.45, 2.75) is 33.7 Å². The van der Waals surface area contributed by atoms with E-state index in [1.807, 2.05) is 27.7 Å². The summed E-state index contributed by atoms with van der Waals surface area (Å²) >= 11 is 6.04. The number of fused-ring (bicyclic) bond motifs is 1. The van der Waals surface area contributed by atoms with E-state index < -0.39 is 0 Å². The van der Waals surface area contributed by atoms with Gasteiger partial charge in [0.05, 0.1) is 36.1 Å². The number of ether oxygens (including phenoxy) is 1. The van der Waals surface area contributed by atoms with Crippen LogP contribution in [0, 0.1) is 22.7 Å². The molecule has 220 valence electrons. The van der Waals surface area contributed by atoms with Gasteiger partial charge in [0.2, 0.25) is 6.41 Å². The van der Waals surface area contributed by atoms with Crippen LogP contribution in [0.3, 0.4) is 0 Å². The van der Waals surface area contributed by atoms with Crippen molar-refractivity contribution < 1.29 is 18.2 Å². The summed E-state index contributed by atoms with van der Waals surface area (Å²) in [6.07, 6.45) is 3.50. The van der Waals surface area contributed by atoms with E-state index >= 15 is 0 Å². The summed E-state index contributed by atoms with van der Waals surface area (Å²) in [5.41, 5.74) is 2.13. The lowest BCUT2D eigenvalue weighted by Gasteiger charge is -2.31. The maximum Gasteiger partial charge on any atom is 0.255 e. The highest BCUT2D eigenvalue weighted by Crippen LogP contribution is 2.26. The van der Waals surface area contributed by atoms with Crippen LogP contribution >= 0.6 is 23.9 Å². The number of hydrogen-bond acceptors (Lipinski definition) is 9. The molecule has 4 rings (SSSR count). The number of carbonyl (C=O) groups excluding carboxylic acids is 2. The zero-order valence-electron chi connectivity index (χ0n) is 23.6. The van der Waals surface area contributed by atoms with Crippen molar-refractivity contribution in [1.29, 1.82) is 10.7 Å². The first-order valence-corrected chi connectivity index (χ1v) is 14.0. The van der Waals surface area contributed by atoms with Gasteiger partial charge in [-0.05, 0) is 32.0 Å². The minimum absolute atomic E-state index is 0.0747. The number of amides is 2. The molecular weight excluding hydrogens is 571 g/mol. The normalized spacial score (nSPS) is 12.3. The summed E-state index contributed by atoms with van der Waals surface area (Å²) < 4.78 is 19.6. The molecule has 2 aromatic heterocycles. The summed E-state index contributed by atoms with van der Waals surface area (Å²) in [5, 5.41) is 23.4. The minimum atomic E-state index is -0.390. The maximum atomic E-state index is 13.4. The van der Waals surface area contributed by atoms with Gasteiger partial charge in [-0.1, -0.05) is 25.4 Å². The number of methoxy groups -OCH3 is 1. The summed E-state index contributed by atoms with van der Waals surface area (Å²) in [6, 6.07) is 7.06. The van der Waals surface area contributed by atoms with E-state index in [1.54, 1.807) is 30.2 Å². The van der Waals surface area contributed by atoms with E-state index in [0.29, 0.717) is 42.5 Å². The number of likely N-dealkylation sites (tertiary alicyclic amines) is 1. The van der Waals surface area contributed by atoms with Crippen molar-refractivity contribution >= 4 is 58.8 Å². The van der Waals surface area contributed by atoms with Crippen molar-refractivity contribution in [3.8, 4) is 6.07 Å². The van der Waals surface area contributed by atoms with Crippen molar-refractivity contribution in [1.82, 2.24) is 24.2 Å². The molecule has 1 saturated heterocycles. The summed E-state index contributed by atoms with van der Waals surface area (Å²) in [6.45, 7) is 9.91. The molecule has 0 radical (unpaired) electrons. The third kappa shape index (κ3) is 8.88. The molecule has 0 aliphatic carbocycles. The van der Waals surface area contributed by atoms with Crippen LogP contribution in [0.4, 0.5) is 9.57 Å². The number of nitriles is 1. The van der Waals surface area contributed by atoms with Crippen LogP contribution < -0.4 is 10.6 Å². The van der Waals surface area contributed by atoms with Crippen LogP contribution in [0.25, 0.3) is 11.2 Å². The molecule has 2 amide bonds. The van der Waals surface area contributed by atoms with Gasteiger partial charge >= 0.3 is 0 Å². The van der Waals surface area contributed by atoms with E-state index in [1.165, 1.54) is 12.4 Å². The van der Waals surface area contributed by atoms with Crippen LogP contribution in [0.5, 0.6) is 0 Å². The Morgan fingerprint density at radius 3 is 2.66 bits per heavy atom. The molecule has 14 heteroatoms. The van der Waals surface area contributed by atoms with Crippen molar-refractivity contribution in [2.24, 2.45) is 5.92 Å². The molecule has 1 aliphatic rings. The predicted molar refractivity (Wildman–Crippen MR) is 160 cm³/mol. The van der Waals surface area contributed by atoms with Crippen molar-refractivity contribution in [2.75, 3.05) is 38.7 Å². The summed E-state index contributed by atoms with van der Waals surface area (Å²) in [7, 11) is 1.60. The lowest BCUT2D eigenvalue weighted by atomic mass is 10.0. The SMILES string of the molecule is CC.COCCNc1cc(Cl)ccc1C(=N)c1cnc2c(n1)c(C(=O)NC(C)C)cn2SF.N#CC1CN(C=O)C1. The second kappa shape index (κ2) is 16.5. The molecule has 41 heavy (non-hydrogen) atoms. The fraction of sp³-hybridized carbons (Fsp3) is 0.407. The molecule has 3 heterocycles. The molecule has 3 aromatic rings. The van der Waals surface area contributed by atoms with Crippen LogP contribution in [-0.2, 0) is 9.53 Å². The van der Waals surface area contributed by atoms with Gasteiger partial charge in [0.25, 0.3) is 5.91 Å². The van der Waals surface area contributed by atoms with E-state index in [2.05, 4.69) is 26.7 Å². The molecule has 1 aliphatic heterocycles. The number of benzene rings is 1. The molecule has 3 N–H and O–H groups in total. The van der Waals surface area contributed by atoms with E-state index in [4.69, 9.17) is 27.0 Å². The first-order valence-electron chi connectivity index (χ1n) is 12.9. The highest BCUT2D eigenvalue weighted by Gasteiger charge is 2.24. The number of anilines is 1. The van der Waals surface area contributed by atoms with Gasteiger partial charge in [-0.15, -0.1) is 3.89 Å². The lowest BCUT2D eigenvalue weighted by molar-refractivity contribution is -0.122. The number of nitrogens with zero attached hydrogens (tertiary/aromatic N) is 5. The molecule has 11 nitrogen and oxygen atoms in total. The topological polar surface area (TPSA) is 149 Å². The molecular formula is C27H34ClFN8O3S. The second-order valence-corrected chi connectivity index (χ2v) is 9.83. The average Bonchev–Trinajstić information content (AvgIpc) is 3.32. The molecule has 0 saturated carbocycles. The smallest absolute Gasteiger partial charge is 0.255 e. The van der Waals surface area contributed by atoms with Gasteiger partial charge in [0.1, 0.15) is 11.2 Å². The van der Waals surface area contributed by atoms with E-state index in [9.17, 15) is 13.5 Å². The highest BCUT2D eigenvalue weighted by atomic mass is 35.5. The number of nitrogens with one attached hydrogen (secondary N) is 3. The number of aromatic nitrogens is 3. The second-order valence-electron chi connectivity index (χ2n) is 8.86. The average molecular weight is 605 g/mol. The molecule has 1 fully saturated rings. The first kappa shape index (κ1) is 33.5. The zero-order chi connectivity index (χ0) is 30.5. The number of rotatable bonds is 10. The Kier molecular flexibility index (Phi) is 13.5. The Balaban J connectivity index is 0.000000500. The standard InChI is InChI=1S/C20H22ClFN6O2S.C5H6N2O.C2H6/c1-11(2)26-20(29)14-10-28(31-22)19-18(14)27-16(9-25-19)17(23)13-5-4-12(21)8-15(13)24-6-7-30-3;6-1-5-2-7(3-5)4-8;1-2/h4-5,8-11,23-24H,6-7H2,1-3H3,(H,26,29);4-5H,2-3H2;1-2H3. The maximum absolute atomic E-state index is 13.4. The van der Waals surface area contributed by atoms with Crippen LogP contribution in [0.1, 0.15) is 49.3 Å². The largest absolute Gasteiger partial charge is 0.383 e. The summed E-state index contributed by atoms with van der Waals surface area (Å²) in [5.74, 6) is -0.292.